The van der Waals surface area contributed by atoms with Gasteiger partial charge in [0.25, 0.3) is 11.6 Å². The highest BCUT2D eigenvalue weighted by Gasteiger charge is 2.26. The molecule has 2 rings (SSSR count). The second-order valence-corrected chi connectivity index (χ2v) is 9.39. The molecule has 0 aliphatic rings. The molecule has 0 bridgehead atoms. The number of nitro benzene ring substituents is 1. The monoisotopic (exact) mass is 421 g/mol. The van der Waals surface area contributed by atoms with E-state index in [1.165, 1.54) is 30.3 Å². The predicted molar refractivity (Wildman–Crippen MR) is 121 cm³/mol. The lowest BCUT2D eigenvalue weighted by atomic mass is 9.78. The summed E-state index contributed by atoms with van der Waals surface area (Å²) in [5.41, 5.74) is 1.50. The van der Waals surface area contributed by atoms with Crippen molar-refractivity contribution in [3.05, 3.63) is 68.8 Å². The Hall–Kier alpha value is -3.66. The number of carbonyl (C=O) groups excluding carboxylic acids is 1. The molecule has 2 N–H and O–H groups in total. The molecule has 0 fully saturated rings. The van der Waals surface area contributed by atoms with E-state index in [9.17, 15) is 25.3 Å². The first-order valence-electron chi connectivity index (χ1n) is 9.79. The first-order chi connectivity index (χ1) is 14.2. The van der Waals surface area contributed by atoms with E-state index in [-0.39, 0.29) is 27.8 Å². The van der Waals surface area contributed by atoms with Gasteiger partial charge >= 0.3 is 0 Å². The maximum absolute atomic E-state index is 12.6. The fourth-order valence-electron chi connectivity index (χ4n) is 3.06. The lowest BCUT2D eigenvalue weighted by Crippen LogP contribution is -2.18. The van der Waals surface area contributed by atoms with E-state index < -0.39 is 10.8 Å². The molecule has 162 valence electrons. The Balaban J connectivity index is 2.46. The summed E-state index contributed by atoms with van der Waals surface area (Å²) in [4.78, 5) is 22.8. The number of anilines is 1. The van der Waals surface area contributed by atoms with Crippen LogP contribution < -0.4 is 5.32 Å². The summed E-state index contributed by atoms with van der Waals surface area (Å²) in [7, 11) is 0. The Morgan fingerprint density at radius 1 is 1.06 bits per heavy atom. The third-order valence-corrected chi connectivity index (χ3v) is 4.76. The first-order valence-corrected chi connectivity index (χ1v) is 9.79. The van der Waals surface area contributed by atoms with Crippen LogP contribution in [0.15, 0.2) is 42.0 Å². The summed E-state index contributed by atoms with van der Waals surface area (Å²) >= 11 is 0. The third-order valence-electron chi connectivity index (χ3n) is 4.76. The number of benzene rings is 2. The molecule has 0 radical (unpaired) electrons. The van der Waals surface area contributed by atoms with E-state index in [0.29, 0.717) is 11.3 Å². The molecule has 1 amide bonds. The van der Waals surface area contributed by atoms with Crippen molar-refractivity contribution >= 4 is 23.4 Å². The van der Waals surface area contributed by atoms with Crippen molar-refractivity contribution in [2.24, 2.45) is 0 Å². The number of nitro groups is 1. The molecule has 0 saturated carbocycles. The van der Waals surface area contributed by atoms with Crippen LogP contribution >= 0.6 is 0 Å². The quantitative estimate of drug-likeness (QED) is 0.295. The molecule has 0 heterocycles. The lowest BCUT2D eigenvalue weighted by molar-refractivity contribution is -0.384. The summed E-state index contributed by atoms with van der Waals surface area (Å²) in [6.07, 6.45) is 1.48. The van der Waals surface area contributed by atoms with E-state index >= 15 is 0 Å². The highest BCUT2D eigenvalue weighted by molar-refractivity contribution is 6.09. The summed E-state index contributed by atoms with van der Waals surface area (Å²) in [6.45, 7) is 11.9. The fourth-order valence-corrected chi connectivity index (χ4v) is 3.06. The molecule has 2 aromatic rings. The predicted octanol–water partition coefficient (Wildman–Crippen LogP) is 5.44. The van der Waals surface area contributed by atoms with E-state index in [2.05, 4.69) is 5.32 Å². The van der Waals surface area contributed by atoms with E-state index in [0.717, 1.165) is 11.1 Å². The first kappa shape index (κ1) is 23.6. The standard InChI is InChI=1S/C24H27N3O4/c1-23(2,3)19-12-15(13-20(21(19)28)24(4,5)6)11-16(14-25)22(29)26-17-7-9-18(10-8-17)27(30)31/h7-13,28H,1-6H3,(H,26,29)/b16-11-. The number of phenols is 1. The molecule has 7 heteroatoms. The molecular formula is C24H27N3O4. The molecule has 7 nitrogen and oxygen atoms in total. The summed E-state index contributed by atoms with van der Waals surface area (Å²) in [5, 5.41) is 33.7. The average Bonchev–Trinajstić information content (AvgIpc) is 2.65. The second-order valence-electron chi connectivity index (χ2n) is 9.39. The van der Waals surface area contributed by atoms with Crippen LogP contribution in [-0.2, 0) is 15.6 Å². The van der Waals surface area contributed by atoms with Crippen molar-refractivity contribution in [1.29, 1.82) is 5.26 Å². The number of hydrogen-bond acceptors (Lipinski definition) is 5. The van der Waals surface area contributed by atoms with Gasteiger partial charge in [-0.1, -0.05) is 41.5 Å². The van der Waals surface area contributed by atoms with Gasteiger partial charge in [0.05, 0.1) is 4.92 Å². The molecule has 0 atom stereocenters. The lowest BCUT2D eigenvalue weighted by Gasteiger charge is -2.28. The summed E-state index contributed by atoms with van der Waals surface area (Å²) in [6, 6.07) is 10.8. The van der Waals surface area contributed by atoms with Gasteiger partial charge in [-0.2, -0.15) is 5.26 Å². The molecule has 0 aliphatic heterocycles. The zero-order chi connectivity index (χ0) is 23.6. The average molecular weight is 421 g/mol. The summed E-state index contributed by atoms with van der Waals surface area (Å²) in [5.74, 6) is -0.412. The molecule has 2 aromatic carbocycles. The minimum Gasteiger partial charge on any atom is -0.507 e. The number of hydrogen-bond donors (Lipinski definition) is 2. The van der Waals surface area contributed by atoms with Gasteiger partial charge in [0, 0.05) is 28.9 Å². The number of nitrogens with zero attached hydrogens (tertiary/aromatic N) is 2. The summed E-state index contributed by atoms with van der Waals surface area (Å²) < 4.78 is 0. The van der Waals surface area contributed by atoms with Crippen LogP contribution in [0.3, 0.4) is 0 Å². The van der Waals surface area contributed by atoms with E-state index in [1.54, 1.807) is 12.1 Å². The maximum Gasteiger partial charge on any atom is 0.269 e. The number of rotatable bonds is 4. The van der Waals surface area contributed by atoms with Crippen molar-refractivity contribution in [2.45, 2.75) is 52.4 Å². The van der Waals surface area contributed by atoms with Crippen molar-refractivity contribution in [2.75, 3.05) is 5.32 Å². The number of non-ortho nitro benzene ring substituents is 1. The molecule has 31 heavy (non-hydrogen) atoms. The smallest absolute Gasteiger partial charge is 0.269 e. The van der Waals surface area contributed by atoms with Gasteiger partial charge in [-0.05, 0) is 46.7 Å². The van der Waals surface area contributed by atoms with Crippen LogP contribution in [0.2, 0.25) is 0 Å². The fraction of sp³-hybridized carbons (Fsp3) is 0.333. The minimum absolute atomic E-state index is 0.0949. The molecule has 0 spiro atoms. The minimum atomic E-state index is -0.626. The SMILES string of the molecule is CC(C)(C)c1cc(/C=C(/C#N)C(=O)Nc2ccc([N+](=O)[O-])cc2)cc(C(C)(C)C)c1O. The number of nitriles is 1. The third kappa shape index (κ3) is 5.70. The van der Waals surface area contributed by atoms with Crippen LogP contribution in [0.4, 0.5) is 11.4 Å². The molecular weight excluding hydrogens is 394 g/mol. The maximum atomic E-state index is 12.6. The van der Waals surface area contributed by atoms with Crippen LogP contribution in [0, 0.1) is 21.4 Å². The number of carbonyl (C=O) groups is 1. The number of amides is 1. The zero-order valence-corrected chi connectivity index (χ0v) is 18.6. The Morgan fingerprint density at radius 2 is 1.55 bits per heavy atom. The Labute approximate surface area is 182 Å². The number of phenolic OH excluding ortho intramolecular Hbond substituents is 1. The van der Waals surface area contributed by atoms with E-state index in [1.807, 2.05) is 47.6 Å². The van der Waals surface area contributed by atoms with Gasteiger partial charge in [0.2, 0.25) is 0 Å². The van der Waals surface area contributed by atoms with Crippen molar-refractivity contribution in [3.63, 3.8) is 0 Å². The Morgan fingerprint density at radius 3 is 1.94 bits per heavy atom. The Bertz CT molecular complexity index is 1040. The molecule has 0 saturated heterocycles. The van der Waals surface area contributed by atoms with Crippen molar-refractivity contribution in [1.82, 2.24) is 0 Å². The number of nitrogens with one attached hydrogen (secondary N) is 1. The molecule has 0 aromatic heterocycles. The largest absolute Gasteiger partial charge is 0.507 e. The normalized spacial score (nSPS) is 12.2. The molecule has 0 aliphatic carbocycles. The van der Waals surface area contributed by atoms with E-state index in [4.69, 9.17) is 0 Å². The van der Waals surface area contributed by atoms with Gasteiger partial charge < -0.3 is 10.4 Å². The van der Waals surface area contributed by atoms with Crippen LogP contribution in [0.25, 0.3) is 6.08 Å². The zero-order valence-electron chi connectivity index (χ0n) is 18.6. The van der Waals surface area contributed by atoms with Crippen LogP contribution in [0.5, 0.6) is 5.75 Å². The van der Waals surface area contributed by atoms with Gasteiger partial charge in [-0.3, -0.25) is 14.9 Å². The highest BCUT2D eigenvalue weighted by Crippen LogP contribution is 2.40. The molecule has 0 unspecified atom stereocenters. The van der Waals surface area contributed by atoms with Gasteiger partial charge in [-0.15, -0.1) is 0 Å². The van der Waals surface area contributed by atoms with Gasteiger partial charge in [0.1, 0.15) is 17.4 Å². The topological polar surface area (TPSA) is 116 Å². The van der Waals surface area contributed by atoms with Crippen LogP contribution in [0.1, 0.15) is 58.2 Å². The van der Waals surface area contributed by atoms with Crippen LogP contribution in [-0.4, -0.2) is 15.9 Å². The van der Waals surface area contributed by atoms with Crippen molar-refractivity contribution < 1.29 is 14.8 Å². The Kier molecular flexibility index (Phi) is 6.55. The second kappa shape index (κ2) is 8.60. The van der Waals surface area contributed by atoms with Gasteiger partial charge in [-0.25, -0.2) is 0 Å². The highest BCUT2D eigenvalue weighted by atomic mass is 16.6. The van der Waals surface area contributed by atoms with Gasteiger partial charge in [0.15, 0.2) is 0 Å². The van der Waals surface area contributed by atoms with Crippen molar-refractivity contribution in [3.8, 4) is 11.8 Å². The number of aromatic hydroxyl groups is 1.